The second kappa shape index (κ2) is 6.10. The van der Waals surface area contributed by atoms with Crippen molar-refractivity contribution in [2.45, 2.75) is 25.8 Å². The van der Waals surface area contributed by atoms with Gasteiger partial charge in [-0.25, -0.2) is 9.97 Å². The molecule has 2 heterocycles. The average molecular weight is 283 g/mol. The van der Waals surface area contributed by atoms with Gasteiger partial charge in [0, 0.05) is 25.9 Å². The quantitative estimate of drug-likeness (QED) is 0.731. The Morgan fingerprint density at radius 3 is 2.90 bits per heavy atom. The fraction of sp³-hybridized carbons (Fsp3) is 0.375. The maximum Gasteiger partial charge on any atom is 0.123 e. The molecule has 1 aromatic carbocycles. The Kier molecular flexibility index (Phi) is 4.01. The van der Waals surface area contributed by atoms with E-state index < -0.39 is 0 Å². The lowest BCUT2D eigenvalue weighted by Gasteiger charge is -2.16. The van der Waals surface area contributed by atoms with Gasteiger partial charge in [-0.05, 0) is 25.1 Å². The molecule has 0 amide bonds. The fourth-order valence-electron chi connectivity index (χ4n) is 2.61. The van der Waals surface area contributed by atoms with Crippen LogP contribution in [0, 0.1) is 0 Å². The zero-order valence-corrected chi connectivity index (χ0v) is 12.5. The fourth-order valence-corrected chi connectivity index (χ4v) is 2.61. The van der Waals surface area contributed by atoms with Crippen LogP contribution >= 0.6 is 0 Å². The molecule has 0 aliphatic carbocycles. The molecule has 0 aliphatic rings. The first-order chi connectivity index (χ1) is 10.3. The summed E-state index contributed by atoms with van der Waals surface area (Å²) in [6.07, 6.45) is 5.58. The second-order valence-electron chi connectivity index (χ2n) is 5.26. The van der Waals surface area contributed by atoms with Crippen molar-refractivity contribution < 1.29 is 0 Å². The summed E-state index contributed by atoms with van der Waals surface area (Å²) < 4.78 is 2.17. The molecule has 0 bridgehead atoms. The van der Waals surface area contributed by atoms with Crippen LogP contribution < -0.4 is 5.32 Å². The van der Waals surface area contributed by atoms with E-state index in [1.165, 1.54) is 5.52 Å². The van der Waals surface area contributed by atoms with Crippen LogP contribution in [0.5, 0.6) is 0 Å². The molecule has 5 nitrogen and oxygen atoms in total. The van der Waals surface area contributed by atoms with Crippen LogP contribution in [0.25, 0.3) is 11.0 Å². The Labute approximate surface area is 124 Å². The number of nitrogens with zero attached hydrogens (tertiary/aromatic N) is 3. The summed E-state index contributed by atoms with van der Waals surface area (Å²) in [6.45, 7) is 3.14. The Morgan fingerprint density at radius 2 is 2.19 bits per heavy atom. The van der Waals surface area contributed by atoms with E-state index in [1.54, 1.807) is 6.20 Å². The number of nitrogens with one attached hydrogen (secondary N) is 2. The lowest BCUT2D eigenvalue weighted by atomic mass is 10.2. The van der Waals surface area contributed by atoms with Gasteiger partial charge in [0.1, 0.15) is 11.6 Å². The molecule has 0 fully saturated rings. The Bertz CT molecular complexity index is 699. The maximum atomic E-state index is 4.75. The van der Waals surface area contributed by atoms with Gasteiger partial charge < -0.3 is 14.9 Å². The molecule has 21 heavy (non-hydrogen) atoms. The summed E-state index contributed by atoms with van der Waals surface area (Å²) in [5, 5.41) is 3.54. The molecule has 1 unspecified atom stereocenters. The Hall–Kier alpha value is -2.14. The minimum absolute atomic E-state index is 0.162. The van der Waals surface area contributed by atoms with Crippen LogP contribution in [0.3, 0.4) is 0 Å². The highest BCUT2D eigenvalue weighted by Gasteiger charge is 2.17. The van der Waals surface area contributed by atoms with Crippen LogP contribution in [-0.2, 0) is 13.5 Å². The van der Waals surface area contributed by atoms with Gasteiger partial charge >= 0.3 is 0 Å². The summed E-state index contributed by atoms with van der Waals surface area (Å²) in [7, 11) is 2.07. The average Bonchev–Trinajstić information content (AvgIpc) is 3.13. The Morgan fingerprint density at radius 1 is 1.33 bits per heavy atom. The number of fused-ring (bicyclic) bond motifs is 1. The van der Waals surface area contributed by atoms with Crippen molar-refractivity contribution in [3.8, 4) is 0 Å². The molecule has 0 radical (unpaired) electrons. The molecule has 2 N–H and O–H groups in total. The molecule has 1 atom stereocenters. The van der Waals surface area contributed by atoms with E-state index in [9.17, 15) is 0 Å². The number of aryl methyl sites for hydroxylation is 1. The number of rotatable bonds is 6. The van der Waals surface area contributed by atoms with Gasteiger partial charge in [-0.3, -0.25) is 0 Å². The van der Waals surface area contributed by atoms with E-state index in [-0.39, 0.29) is 6.04 Å². The number of hydrogen-bond donors (Lipinski definition) is 2. The van der Waals surface area contributed by atoms with Crippen molar-refractivity contribution in [2.75, 3.05) is 6.54 Å². The minimum Gasteiger partial charge on any atom is -0.347 e. The topological polar surface area (TPSA) is 58.5 Å². The third-order valence-electron chi connectivity index (χ3n) is 3.76. The van der Waals surface area contributed by atoms with Gasteiger partial charge in [-0.1, -0.05) is 19.1 Å². The third-order valence-corrected chi connectivity index (χ3v) is 3.76. The molecule has 0 aliphatic heterocycles. The van der Waals surface area contributed by atoms with Crippen LogP contribution in [0.2, 0.25) is 0 Å². The van der Waals surface area contributed by atoms with E-state index >= 15 is 0 Å². The van der Waals surface area contributed by atoms with E-state index in [0.717, 1.165) is 36.6 Å². The zero-order valence-electron chi connectivity index (χ0n) is 12.5. The van der Waals surface area contributed by atoms with Gasteiger partial charge in [-0.2, -0.15) is 0 Å². The Balaban J connectivity index is 1.88. The van der Waals surface area contributed by atoms with Crippen molar-refractivity contribution >= 4 is 11.0 Å². The number of para-hydroxylation sites is 2. The van der Waals surface area contributed by atoms with Crippen molar-refractivity contribution in [1.29, 1.82) is 0 Å². The number of aromatic nitrogens is 4. The van der Waals surface area contributed by atoms with Crippen LogP contribution in [0.15, 0.2) is 36.7 Å². The highest BCUT2D eigenvalue weighted by molar-refractivity contribution is 5.75. The van der Waals surface area contributed by atoms with Gasteiger partial charge in [0.05, 0.1) is 17.1 Å². The number of benzene rings is 1. The second-order valence-corrected chi connectivity index (χ2v) is 5.26. The molecule has 3 aromatic rings. The van der Waals surface area contributed by atoms with Crippen LogP contribution in [-0.4, -0.2) is 26.1 Å². The summed E-state index contributed by atoms with van der Waals surface area (Å²) in [6, 6.07) is 8.40. The summed E-state index contributed by atoms with van der Waals surface area (Å²) in [5.41, 5.74) is 2.21. The smallest absolute Gasteiger partial charge is 0.123 e. The number of aromatic amines is 1. The molecule has 5 heteroatoms. The lowest BCUT2D eigenvalue weighted by molar-refractivity contribution is 0.494. The van der Waals surface area contributed by atoms with E-state index in [4.69, 9.17) is 4.98 Å². The summed E-state index contributed by atoms with van der Waals surface area (Å²) in [4.78, 5) is 12.4. The molecule has 110 valence electrons. The highest BCUT2D eigenvalue weighted by Crippen LogP contribution is 2.19. The zero-order chi connectivity index (χ0) is 14.7. The lowest BCUT2D eigenvalue weighted by Crippen LogP contribution is -2.26. The molecule has 0 saturated carbocycles. The van der Waals surface area contributed by atoms with Gasteiger partial charge in [0.2, 0.25) is 0 Å². The first kappa shape index (κ1) is 13.8. The third kappa shape index (κ3) is 2.83. The summed E-state index contributed by atoms with van der Waals surface area (Å²) >= 11 is 0. The normalized spacial score (nSPS) is 12.9. The van der Waals surface area contributed by atoms with Gasteiger partial charge in [0.25, 0.3) is 0 Å². The minimum atomic E-state index is 0.162. The van der Waals surface area contributed by atoms with Crippen LogP contribution in [0.1, 0.15) is 31.0 Å². The molecular formula is C16H21N5. The predicted molar refractivity (Wildman–Crippen MR) is 84.0 cm³/mol. The molecule has 0 saturated heterocycles. The van der Waals surface area contributed by atoms with Crippen molar-refractivity contribution in [2.24, 2.45) is 7.05 Å². The van der Waals surface area contributed by atoms with Gasteiger partial charge in [-0.15, -0.1) is 0 Å². The van der Waals surface area contributed by atoms with Crippen molar-refractivity contribution in [3.05, 3.63) is 48.3 Å². The van der Waals surface area contributed by atoms with E-state index in [0.29, 0.717) is 0 Å². The highest BCUT2D eigenvalue weighted by atomic mass is 15.1. The number of H-pyrrole nitrogens is 1. The molecule has 2 aromatic heterocycles. The van der Waals surface area contributed by atoms with Crippen LogP contribution in [0.4, 0.5) is 0 Å². The summed E-state index contributed by atoms with van der Waals surface area (Å²) in [5.74, 6) is 2.04. The van der Waals surface area contributed by atoms with Crippen molar-refractivity contribution in [1.82, 2.24) is 24.8 Å². The van der Waals surface area contributed by atoms with Gasteiger partial charge in [0.15, 0.2) is 0 Å². The monoisotopic (exact) mass is 283 g/mol. The number of hydrogen-bond acceptors (Lipinski definition) is 3. The SMILES string of the molecule is CCCNC(Cc1nc2ccccc2n1C)c1ncc[nH]1. The maximum absolute atomic E-state index is 4.75. The number of imidazole rings is 2. The van der Waals surface area contributed by atoms with Crippen molar-refractivity contribution in [3.63, 3.8) is 0 Å². The van der Waals surface area contributed by atoms with E-state index in [2.05, 4.69) is 46.0 Å². The molecule has 0 spiro atoms. The molecule has 3 rings (SSSR count). The standard InChI is InChI=1S/C16H21N5/c1-3-8-17-13(16-18-9-10-19-16)11-15-20-12-6-4-5-7-14(12)21(15)2/h4-7,9-10,13,17H,3,8,11H2,1-2H3,(H,18,19). The first-order valence-electron chi connectivity index (χ1n) is 7.42. The largest absolute Gasteiger partial charge is 0.347 e. The van der Waals surface area contributed by atoms with E-state index in [1.807, 2.05) is 18.3 Å². The predicted octanol–water partition coefficient (Wildman–Crippen LogP) is 2.58. The first-order valence-corrected chi connectivity index (χ1v) is 7.42. The molecular weight excluding hydrogens is 262 g/mol.